The van der Waals surface area contributed by atoms with Gasteiger partial charge in [0.05, 0.1) is 5.75 Å². The molecule has 3 aromatic rings. The van der Waals surface area contributed by atoms with Crippen LogP contribution >= 0.6 is 45.8 Å². The zero-order valence-corrected chi connectivity index (χ0v) is 16.7. The first kappa shape index (κ1) is 18.4. The SMILES string of the molecule is O=C(CSc1nnc(NCCc2cccs2)s1)NCCc1cccs1. The molecule has 0 unspecified atom stereocenters. The second kappa shape index (κ2) is 9.91. The highest BCUT2D eigenvalue weighted by molar-refractivity contribution is 8.01. The number of nitrogens with zero attached hydrogens (tertiary/aromatic N) is 2. The molecular formula is C16H18N4OS4. The van der Waals surface area contributed by atoms with Crippen LogP contribution in [0.25, 0.3) is 0 Å². The van der Waals surface area contributed by atoms with Gasteiger partial charge in [0.25, 0.3) is 0 Å². The number of hydrogen-bond donors (Lipinski definition) is 2. The van der Waals surface area contributed by atoms with Crippen molar-refractivity contribution in [3.63, 3.8) is 0 Å². The zero-order valence-electron chi connectivity index (χ0n) is 13.4. The number of aromatic nitrogens is 2. The lowest BCUT2D eigenvalue weighted by Crippen LogP contribution is -2.27. The molecule has 25 heavy (non-hydrogen) atoms. The van der Waals surface area contributed by atoms with E-state index in [2.05, 4.69) is 49.8 Å². The molecule has 0 aromatic carbocycles. The van der Waals surface area contributed by atoms with Crippen LogP contribution in [-0.4, -0.2) is 34.9 Å². The predicted molar refractivity (Wildman–Crippen MR) is 108 cm³/mol. The van der Waals surface area contributed by atoms with Gasteiger partial charge in [-0.3, -0.25) is 4.79 Å². The molecule has 132 valence electrons. The van der Waals surface area contributed by atoms with Crippen molar-refractivity contribution >= 4 is 56.8 Å². The minimum absolute atomic E-state index is 0.0314. The van der Waals surface area contributed by atoms with Crippen LogP contribution in [0.4, 0.5) is 5.13 Å². The van der Waals surface area contributed by atoms with Crippen LogP contribution in [0.3, 0.4) is 0 Å². The molecule has 3 heterocycles. The Hall–Kier alpha value is -1.42. The molecule has 0 saturated carbocycles. The van der Waals surface area contributed by atoms with Crippen LogP contribution in [-0.2, 0) is 17.6 Å². The first-order valence-electron chi connectivity index (χ1n) is 7.81. The summed E-state index contributed by atoms with van der Waals surface area (Å²) in [6.07, 6.45) is 1.86. The maximum atomic E-state index is 11.9. The Kier molecular flexibility index (Phi) is 7.28. The molecule has 1 amide bonds. The molecule has 0 spiro atoms. The second-order valence-electron chi connectivity index (χ2n) is 5.10. The van der Waals surface area contributed by atoms with Gasteiger partial charge in [0.15, 0.2) is 4.34 Å². The topological polar surface area (TPSA) is 66.9 Å². The van der Waals surface area contributed by atoms with Crippen molar-refractivity contribution in [2.75, 3.05) is 24.2 Å². The molecule has 5 nitrogen and oxygen atoms in total. The Morgan fingerprint density at radius 2 is 1.76 bits per heavy atom. The minimum atomic E-state index is 0.0314. The molecule has 0 bridgehead atoms. The van der Waals surface area contributed by atoms with E-state index in [1.165, 1.54) is 32.9 Å². The van der Waals surface area contributed by atoms with Gasteiger partial charge in [-0.2, -0.15) is 0 Å². The van der Waals surface area contributed by atoms with E-state index in [1.807, 2.05) is 6.07 Å². The van der Waals surface area contributed by atoms with E-state index in [0.717, 1.165) is 28.9 Å². The van der Waals surface area contributed by atoms with Crippen LogP contribution < -0.4 is 10.6 Å². The highest BCUT2D eigenvalue weighted by Gasteiger charge is 2.08. The van der Waals surface area contributed by atoms with Crippen molar-refractivity contribution in [1.82, 2.24) is 15.5 Å². The molecule has 9 heteroatoms. The van der Waals surface area contributed by atoms with Gasteiger partial charge in [-0.05, 0) is 35.7 Å². The summed E-state index contributed by atoms with van der Waals surface area (Å²) in [5, 5.41) is 19.4. The average molecular weight is 411 g/mol. The molecule has 0 saturated heterocycles. The Morgan fingerprint density at radius 3 is 2.44 bits per heavy atom. The van der Waals surface area contributed by atoms with Crippen molar-refractivity contribution in [1.29, 1.82) is 0 Å². The van der Waals surface area contributed by atoms with E-state index in [4.69, 9.17) is 0 Å². The third-order valence-corrected chi connectivity index (χ3v) is 7.12. The van der Waals surface area contributed by atoms with E-state index in [-0.39, 0.29) is 5.91 Å². The third kappa shape index (κ3) is 6.43. The quantitative estimate of drug-likeness (QED) is 0.498. The number of hydrogen-bond acceptors (Lipinski definition) is 8. The van der Waals surface area contributed by atoms with Crippen LogP contribution in [0.15, 0.2) is 39.4 Å². The number of amides is 1. The Bertz CT molecular complexity index is 755. The van der Waals surface area contributed by atoms with E-state index in [9.17, 15) is 4.79 Å². The number of thioether (sulfide) groups is 1. The summed E-state index contributed by atoms with van der Waals surface area (Å²) in [7, 11) is 0. The van der Waals surface area contributed by atoms with Crippen molar-refractivity contribution < 1.29 is 4.79 Å². The lowest BCUT2D eigenvalue weighted by Gasteiger charge is -2.02. The van der Waals surface area contributed by atoms with Gasteiger partial charge in [0.1, 0.15) is 0 Å². The van der Waals surface area contributed by atoms with Gasteiger partial charge in [0, 0.05) is 22.8 Å². The summed E-state index contributed by atoms with van der Waals surface area (Å²) in [5.74, 6) is 0.401. The van der Waals surface area contributed by atoms with E-state index in [0.29, 0.717) is 12.3 Å². The molecule has 0 atom stereocenters. The van der Waals surface area contributed by atoms with E-state index < -0.39 is 0 Å². The number of rotatable bonds is 10. The molecule has 0 radical (unpaired) electrons. The fraction of sp³-hybridized carbons (Fsp3) is 0.312. The van der Waals surface area contributed by atoms with Gasteiger partial charge in [0.2, 0.25) is 11.0 Å². The average Bonchev–Trinajstić information content (AvgIpc) is 3.36. The Balaban J connectivity index is 1.31. The standard InChI is InChI=1S/C16H18N4OS4/c21-14(17-7-5-12-3-1-9-22-12)11-24-16-20-19-15(25-16)18-8-6-13-4-2-10-23-13/h1-4,9-10H,5-8,11H2,(H,17,21)(H,18,19). The Labute approximate surface area is 162 Å². The van der Waals surface area contributed by atoms with Gasteiger partial charge in [-0.15, -0.1) is 32.9 Å². The molecule has 0 aliphatic heterocycles. The van der Waals surface area contributed by atoms with Crippen LogP contribution in [0.2, 0.25) is 0 Å². The normalized spacial score (nSPS) is 10.7. The molecule has 3 rings (SSSR count). The van der Waals surface area contributed by atoms with Gasteiger partial charge in [-0.1, -0.05) is 35.2 Å². The summed E-state index contributed by atoms with van der Waals surface area (Å²) >= 11 is 6.39. The summed E-state index contributed by atoms with van der Waals surface area (Å²) in [6, 6.07) is 8.30. The van der Waals surface area contributed by atoms with Crippen LogP contribution in [0, 0.1) is 0 Å². The molecule has 0 fully saturated rings. The fourth-order valence-corrected chi connectivity index (χ4v) is 5.07. The van der Waals surface area contributed by atoms with E-state index in [1.54, 1.807) is 22.7 Å². The van der Waals surface area contributed by atoms with Crippen molar-refractivity contribution in [2.45, 2.75) is 17.2 Å². The molecule has 0 aliphatic rings. The number of carbonyl (C=O) groups is 1. The van der Waals surface area contributed by atoms with Crippen LogP contribution in [0.5, 0.6) is 0 Å². The molecule has 2 N–H and O–H groups in total. The van der Waals surface area contributed by atoms with Gasteiger partial charge < -0.3 is 10.6 Å². The van der Waals surface area contributed by atoms with Gasteiger partial charge >= 0.3 is 0 Å². The fourth-order valence-electron chi connectivity index (χ4n) is 2.05. The maximum Gasteiger partial charge on any atom is 0.230 e. The lowest BCUT2D eigenvalue weighted by atomic mass is 10.3. The zero-order chi connectivity index (χ0) is 17.3. The van der Waals surface area contributed by atoms with Crippen LogP contribution in [0.1, 0.15) is 9.75 Å². The highest BCUT2D eigenvalue weighted by atomic mass is 32.2. The number of anilines is 1. The summed E-state index contributed by atoms with van der Waals surface area (Å²) in [5.41, 5.74) is 0. The van der Waals surface area contributed by atoms with Crippen molar-refractivity contribution in [2.24, 2.45) is 0 Å². The molecule has 0 aliphatic carbocycles. The Morgan fingerprint density at radius 1 is 1.04 bits per heavy atom. The highest BCUT2D eigenvalue weighted by Crippen LogP contribution is 2.25. The lowest BCUT2D eigenvalue weighted by molar-refractivity contribution is -0.118. The summed E-state index contributed by atoms with van der Waals surface area (Å²) in [4.78, 5) is 14.5. The van der Waals surface area contributed by atoms with E-state index >= 15 is 0 Å². The first-order valence-corrected chi connectivity index (χ1v) is 11.4. The van der Waals surface area contributed by atoms with Crippen molar-refractivity contribution in [3.8, 4) is 0 Å². The maximum absolute atomic E-state index is 11.9. The molecular weight excluding hydrogens is 392 g/mol. The van der Waals surface area contributed by atoms with Crippen molar-refractivity contribution in [3.05, 3.63) is 44.8 Å². The number of nitrogens with one attached hydrogen (secondary N) is 2. The monoisotopic (exact) mass is 410 g/mol. The summed E-state index contributed by atoms with van der Waals surface area (Å²) in [6.45, 7) is 1.51. The minimum Gasteiger partial charge on any atom is -0.360 e. The molecule has 3 aromatic heterocycles. The van der Waals surface area contributed by atoms with Gasteiger partial charge in [-0.25, -0.2) is 0 Å². The number of thiophene rings is 2. The first-order chi connectivity index (χ1) is 12.3. The summed E-state index contributed by atoms with van der Waals surface area (Å²) < 4.78 is 0.812. The second-order valence-corrected chi connectivity index (χ2v) is 9.36. The smallest absolute Gasteiger partial charge is 0.230 e. The largest absolute Gasteiger partial charge is 0.360 e. The third-order valence-electron chi connectivity index (χ3n) is 3.23. The predicted octanol–water partition coefficient (Wildman–Crippen LogP) is 3.77. The number of carbonyl (C=O) groups excluding carboxylic acids is 1.